The van der Waals surface area contributed by atoms with Crippen molar-refractivity contribution >= 4 is 34.6 Å². The number of fused-ring (bicyclic) bond motifs is 1. The molecule has 0 saturated heterocycles. The van der Waals surface area contributed by atoms with Crippen molar-refractivity contribution in [1.82, 2.24) is 9.97 Å². The van der Waals surface area contributed by atoms with E-state index in [1.807, 2.05) is 47.8 Å². The van der Waals surface area contributed by atoms with Gasteiger partial charge in [-0.15, -0.1) is 0 Å². The van der Waals surface area contributed by atoms with Crippen LogP contribution in [0.2, 0.25) is 0 Å². The van der Waals surface area contributed by atoms with Crippen LogP contribution in [0.1, 0.15) is 17.8 Å². The zero-order valence-corrected chi connectivity index (χ0v) is 12.5. The van der Waals surface area contributed by atoms with Gasteiger partial charge in [-0.2, -0.15) is 23.5 Å². The van der Waals surface area contributed by atoms with Crippen molar-refractivity contribution in [3.8, 4) is 0 Å². The molecular weight excluding hydrogens is 260 g/mol. The summed E-state index contributed by atoms with van der Waals surface area (Å²) in [6.07, 6.45) is 3.43. The zero-order chi connectivity index (χ0) is 12.8. The Morgan fingerprint density at radius 2 is 1.78 bits per heavy atom. The molecule has 0 saturated carbocycles. The molecule has 2 aromatic rings. The molecule has 0 unspecified atom stereocenters. The maximum absolute atomic E-state index is 4.70. The van der Waals surface area contributed by atoms with Crippen molar-refractivity contribution in [3.63, 3.8) is 0 Å². The standard InChI is InChI=1S/C14H18N2S2/c1-11-14(10-18-9-5-8-17-2)16-13-7-4-3-6-12(13)15-11/h3-4,6-7H,5,8-10H2,1-2H3. The highest BCUT2D eigenvalue weighted by atomic mass is 32.2. The molecule has 1 aromatic heterocycles. The van der Waals surface area contributed by atoms with Crippen molar-refractivity contribution in [3.05, 3.63) is 35.7 Å². The summed E-state index contributed by atoms with van der Waals surface area (Å²) in [6, 6.07) is 8.07. The molecule has 2 nitrogen and oxygen atoms in total. The van der Waals surface area contributed by atoms with Gasteiger partial charge >= 0.3 is 0 Å². The number of hydrogen-bond acceptors (Lipinski definition) is 4. The molecule has 2 rings (SSSR count). The van der Waals surface area contributed by atoms with Gasteiger partial charge in [0.05, 0.1) is 22.4 Å². The third kappa shape index (κ3) is 3.62. The number of hydrogen-bond donors (Lipinski definition) is 0. The highest BCUT2D eigenvalue weighted by molar-refractivity contribution is 7.99. The van der Waals surface area contributed by atoms with Crippen LogP contribution in [0.15, 0.2) is 24.3 Å². The van der Waals surface area contributed by atoms with Crippen LogP contribution in [0.25, 0.3) is 11.0 Å². The molecule has 0 aliphatic rings. The van der Waals surface area contributed by atoms with Crippen molar-refractivity contribution in [1.29, 1.82) is 0 Å². The normalized spacial score (nSPS) is 11.0. The smallest absolute Gasteiger partial charge is 0.0890 e. The predicted molar refractivity (Wildman–Crippen MR) is 83.4 cm³/mol. The van der Waals surface area contributed by atoms with Crippen LogP contribution in [0.5, 0.6) is 0 Å². The topological polar surface area (TPSA) is 25.8 Å². The summed E-state index contributed by atoms with van der Waals surface area (Å²) in [5, 5.41) is 0. The minimum atomic E-state index is 0.970. The second-order valence-electron chi connectivity index (χ2n) is 4.14. The van der Waals surface area contributed by atoms with Gasteiger partial charge in [0.25, 0.3) is 0 Å². The van der Waals surface area contributed by atoms with Crippen LogP contribution in [0.3, 0.4) is 0 Å². The number of benzene rings is 1. The van der Waals surface area contributed by atoms with Crippen LogP contribution < -0.4 is 0 Å². The van der Waals surface area contributed by atoms with E-state index in [0.29, 0.717) is 0 Å². The van der Waals surface area contributed by atoms with Gasteiger partial charge in [0.15, 0.2) is 0 Å². The summed E-state index contributed by atoms with van der Waals surface area (Å²) in [6.45, 7) is 2.05. The van der Waals surface area contributed by atoms with Crippen LogP contribution in [-0.2, 0) is 5.75 Å². The predicted octanol–water partition coefficient (Wildman–Crippen LogP) is 3.92. The molecule has 96 valence electrons. The van der Waals surface area contributed by atoms with E-state index >= 15 is 0 Å². The first kappa shape index (κ1) is 13.7. The van der Waals surface area contributed by atoms with E-state index in [-0.39, 0.29) is 0 Å². The Morgan fingerprint density at radius 3 is 2.50 bits per heavy atom. The van der Waals surface area contributed by atoms with Gasteiger partial charge in [-0.25, -0.2) is 9.97 Å². The Bertz CT molecular complexity index is 514. The van der Waals surface area contributed by atoms with E-state index < -0.39 is 0 Å². The lowest BCUT2D eigenvalue weighted by Gasteiger charge is -2.06. The van der Waals surface area contributed by atoms with E-state index in [0.717, 1.165) is 28.2 Å². The maximum Gasteiger partial charge on any atom is 0.0890 e. The molecule has 0 radical (unpaired) electrons. The highest BCUT2D eigenvalue weighted by Crippen LogP contribution is 2.18. The number of para-hydroxylation sites is 2. The number of aromatic nitrogens is 2. The van der Waals surface area contributed by atoms with Crippen LogP contribution >= 0.6 is 23.5 Å². The fourth-order valence-corrected chi connectivity index (χ4v) is 3.31. The summed E-state index contributed by atoms with van der Waals surface area (Å²) >= 11 is 3.86. The van der Waals surface area contributed by atoms with Crippen LogP contribution in [-0.4, -0.2) is 27.7 Å². The summed E-state index contributed by atoms with van der Waals surface area (Å²) in [4.78, 5) is 9.31. The average molecular weight is 278 g/mol. The maximum atomic E-state index is 4.70. The van der Waals surface area contributed by atoms with E-state index in [1.165, 1.54) is 17.9 Å². The average Bonchev–Trinajstić information content (AvgIpc) is 2.39. The second-order valence-corrected chi connectivity index (χ2v) is 6.23. The first-order valence-electron chi connectivity index (χ1n) is 6.10. The monoisotopic (exact) mass is 278 g/mol. The molecule has 0 aliphatic carbocycles. The fourth-order valence-electron chi connectivity index (χ4n) is 1.74. The molecule has 0 bridgehead atoms. The summed E-state index contributed by atoms with van der Waals surface area (Å²) in [5.74, 6) is 3.42. The van der Waals surface area contributed by atoms with Gasteiger partial charge in [-0.05, 0) is 43.2 Å². The third-order valence-electron chi connectivity index (χ3n) is 2.72. The lowest BCUT2D eigenvalue weighted by molar-refractivity contribution is 1.07. The molecule has 1 aromatic carbocycles. The Labute approximate surface area is 117 Å². The van der Waals surface area contributed by atoms with Gasteiger partial charge in [0.2, 0.25) is 0 Å². The summed E-state index contributed by atoms with van der Waals surface area (Å²) < 4.78 is 0. The SMILES string of the molecule is CSCCCSCc1nc2ccccc2nc1C. The Balaban J connectivity index is 2.01. The van der Waals surface area contributed by atoms with Gasteiger partial charge in [-0.1, -0.05) is 12.1 Å². The largest absolute Gasteiger partial charge is 0.250 e. The van der Waals surface area contributed by atoms with Crippen molar-refractivity contribution in [2.45, 2.75) is 19.1 Å². The van der Waals surface area contributed by atoms with E-state index in [1.54, 1.807) is 0 Å². The highest BCUT2D eigenvalue weighted by Gasteiger charge is 2.04. The van der Waals surface area contributed by atoms with E-state index in [9.17, 15) is 0 Å². The van der Waals surface area contributed by atoms with Gasteiger partial charge in [-0.3, -0.25) is 0 Å². The molecule has 4 heteroatoms. The Kier molecular flexibility index (Phi) is 5.32. The third-order valence-corrected chi connectivity index (χ3v) is 4.47. The molecule has 0 N–H and O–H groups in total. The van der Waals surface area contributed by atoms with E-state index in [2.05, 4.69) is 18.2 Å². The Hall–Kier alpha value is -0.740. The molecule has 0 spiro atoms. The Morgan fingerprint density at radius 1 is 1.06 bits per heavy atom. The first-order valence-corrected chi connectivity index (χ1v) is 8.65. The second kappa shape index (κ2) is 7.00. The summed E-state index contributed by atoms with van der Waals surface area (Å²) in [5.41, 5.74) is 4.18. The van der Waals surface area contributed by atoms with Gasteiger partial charge in [0.1, 0.15) is 0 Å². The number of thioether (sulfide) groups is 2. The minimum absolute atomic E-state index is 0.970. The molecule has 0 fully saturated rings. The van der Waals surface area contributed by atoms with Crippen molar-refractivity contribution < 1.29 is 0 Å². The lowest BCUT2D eigenvalue weighted by Crippen LogP contribution is -1.97. The number of nitrogens with zero attached hydrogens (tertiary/aromatic N) is 2. The van der Waals surface area contributed by atoms with Crippen molar-refractivity contribution in [2.24, 2.45) is 0 Å². The quantitative estimate of drug-likeness (QED) is 0.748. The molecular formula is C14H18N2S2. The number of rotatable bonds is 6. The fraction of sp³-hybridized carbons (Fsp3) is 0.429. The molecule has 0 atom stereocenters. The number of aryl methyl sites for hydroxylation is 1. The van der Waals surface area contributed by atoms with Gasteiger partial charge < -0.3 is 0 Å². The summed E-state index contributed by atoms with van der Waals surface area (Å²) in [7, 11) is 0. The molecule has 0 amide bonds. The van der Waals surface area contributed by atoms with Crippen LogP contribution in [0, 0.1) is 6.92 Å². The molecule has 1 heterocycles. The first-order chi connectivity index (χ1) is 8.81. The van der Waals surface area contributed by atoms with E-state index in [4.69, 9.17) is 4.98 Å². The zero-order valence-electron chi connectivity index (χ0n) is 10.8. The van der Waals surface area contributed by atoms with Crippen LogP contribution in [0.4, 0.5) is 0 Å². The van der Waals surface area contributed by atoms with Crippen molar-refractivity contribution in [2.75, 3.05) is 17.8 Å². The lowest BCUT2D eigenvalue weighted by atomic mass is 10.2. The minimum Gasteiger partial charge on any atom is -0.250 e. The van der Waals surface area contributed by atoms with Gasteiger partial charge in [0, 0.05) is 5.75 Å². The molecule has 18 heavy (non-hydrogen) atoms. The molecule has 0 aliphatic heterocycles.